The van der Waals surface area contributed by atoms with Crippen LogP contribution in [0.25, 0.3) is 11.0 Å². The number of hydrogen-bond donors (Lipinski definition) is 3. The third-order valence-electron chi connectivity index (χ3n) is 3.29. The molecule has 0 atom stereocenters. The molecular weight excluding hydrogens is 362 g/mol. The van der Waals surface area contributed by atoms with E-state index >= 15 is 0 Å². The highest BCUT2D eigenvalue weighted by Crippen LogP contribution is 2.26. The van der Waals surface area contributed by atoms with E-state index in [4.69, 9.17) is 11.6 Å². The first-order valence-electron chi connectivity index (χ1n) is 7.35. The van der Waals surface area contributed by atoms with Gasteiger partial charge in [0.25, 0.3) is 0 Å². The molecule has 0 unspecified atom stereocenters. The minimum Gasteiger partial charge on any atom is -0.374 e. The largest absolute Gasteiger partial charge is 0.374 e. The molecule has 0 bridgehead atoms. The Morgan fingerprint density at radius 2 is 1.92 bits per heavy atom. The van der Waals surface area contributed by atoms with Gasteiger partial charge in [-0.05, 0) is 30.3 Å². The van der Waals surface area contributed by atoms with Gasteiger partial charge in [0.05, 0.1) is 35.3 Å². The fourth-order valence-electron chi connectivity index (χ4n) is 2.24. The van der Waals surface area contributed by atoms with E-state index in [1.807, 2.05) is 6.07 Å². The Morgan fingerprint density at radius 3 is 2.72 bits per heavy atom. The lowest BCUT2D eigenvalue weighted by Crippen LogP contribution is -2.22. The van der Waals surface area contributed by atoms with Crippen LogP contribution in [0.5, 0.6) is 0 Å². The molecule has 0 saturated carbocycles. The van der Waals surface area contributed by atoms with Crippen molar-refractivity contribution in [2.75, 3.05) is 22.5 Å². The summed E-state index contributed by atoms with van der Waals surface area (Å²) in [6.07, 6.45) is 0. The normalized spacial score (nSPS) is 10.5. The highest BCUT2D eigenvalue weighted by Gasteiger charge is 2.10. The molecule has 128 valence electrons. The monoisotopic (exact) mass is 375 g/mol. The lowest BCUT2D eigenvalue weighted by atomic mass is 10.2. The summed E-state index contributed by atoms with van der Waals surface area (Å²) in [4.78, 5) is 23.5. The van der Waals surface area contributed by atoms with Crippen LogP contribution < -0.4 is 16.0 Å². The maximum Gasteiger partial charge on any atom is 0.243 e. The summed E-state index contributed by atoms with van der Waals surface area (Å²) in [5.74, 6) is -0.466. The van der Waals surface area contributed by atoms with Crippen LogP contribution >= 0.6 is 23.3 Å². The summed E-state index contributed by atoms with van der Waals surface area (Å²) in [5.41, 5.74) is 3.11. The fourth-order valence-corrected chi connectivity index (χ4v) is 2.96. The van der Waals surface area contributed by atoms with Crippen LogP contribution in [-0.2, 0) is 9.59 Å². The van der Waals surface area contributed by atoms with Gasteiger partial charge in [0.15, 0.2) is 0 Å². The maximum atomic E-state index is 12.2. The molecule has 7 nitrogen and oxygen atoms in total. The summed E-state index contributed by atoms with van der Waals surface area (Å²) in [7, 11) is 0. The van der Waals surface area contributed by atoms with E-state index in [-0.39, 0.29) is 18.4 Å². The molecule has 2 amide bonds. The Kier molecular flexibility index (Phi) is 5.11. The van der Waals surface area contributed by atoms with Crippen molar-refractivity contribution < 1.29 is 9.59 Å². The van der Waals surface area contributed by atoms with Gasteiger partial charge in [0, 0.05) is 11.9 Å². The van der Waals surface area contributed by atoms with Crippen molar-refractivity contribution in [3.63, 3.8) is 0 Å². The fraction of sp³-hybridized carbons (Fsp3) is 0.125. The molecule has 0 fully saturated rings. The van der Waals surface area contributed by atoms with Crippen LogP contribution in [0.2, 0.25) is 5.02 Å². The van der Waals surface area contributed by atoms with Gasteiger partial charge in [-0.2, -0.15) is 8.75 Å². The molecule has 0 aliphatic carbocycles. The third-order valence-corrected chi connectivity index (χ3v) is 4.07. The van der Waals surface area contributed by atoms with Gasteiger partial charge in [-0.25, -0.2) is 0 Å². The molecule has 1 aromatic heterocycles. The van der Waals surface area contributed by atoms with Crippen LogP contribution in [-0.4, -0.2) is 27.1 Å². The van der Waals surface area contributed by atoms with E-state index in [9.17, 15) is 9.59 Å². The third kappa shape index (κ3) is 4.23. The van der Waals surface area contributed by atoms with E-state index in [1.54, 1.807) is 30.3 Å². The van der Waals surface area contributed by atoms with Gasteiger partial charge >= 0.3 is 0 Å². The van der Waals surface area contributed by atoms with Crippen molar-refractivity contribution in [2.45, 2.75) is 6.92 Å². The molecule has 0 saturated heterocycles. The molecule has 3 rings (SSSR count). The predicted molar refractivity (Wildman–Crippen MR) is 100 cm³/mol. The number of carbonyl (C=O) groups is 2. The number of hydrogen-bond acceptors (Lipinski definition) is 6. The van der Waals surface area contributed by atoms with Crippen molar-refractivity contribution in [1.29, 1.82) is 0 Å². The zero-order valence-corrected chi connectivity index (χ0v) is 14.7. The average molecular weight is 376 g/mol. The highest BCUT2D eigenvalue weighted by atomic mass is 35.5. The number of benzene rings is 2. The quantitative estimate of drug-likeness (QED) is 0.635. The summed E-state index contributed by atoms with van der Waals surface area (Å²) >= 11 is 7.08. The summed E-state index contributed by atoms with van der Waals surface area (Å²) in [5, 5.41) is 8.96. The van der Waals surface area contributed by atoms with Crippen molar-refractivity contribution in [1.82, 2.24) is 8.75 Å². The first-order chi connectivity index (χ1) is 12.0. The SMILES string of the molecule is CC(=O)Nc1ccc(Cl)cc1NCC(=O)Nc1cccc2nsnc12. The average Bonchev–Trinajstić information content (AvgIpc) is 3.04. The Morgan fingerprint density at radius 1 is 1.08 bits per heavy atom. The van der Waals surface area contributed by atoms with Crippen LogP contribution in [0.1, 0.15) is 6.92 Å². The second-order valence-electron chi connectivity index (χ2n) is 5.21. The van der Waals surface area contributed by atoms with E-state index in [1.165, 1.54) is 6.92 Å². The zero-order valence-electron chi connectivity index (χ0n) is 13.2. The van der Waals surface area contributed by atoms with Gasteiger partial charge < -0.3 is 16.0 Å². The van der Waals surface area contributed by atoms with Crippen LogP contribution in [0.3, 0.4) is 0 Å². The molecule has 0 aliphatic heterocycles. The first-order valence-corrected chi connectivity index (χ1v) is 8.46. The summed E-state index contributed by atoms with van der Waals surface area (Å²) in [6.45, 7) is 1.41. The van der Waals surface area contributed by atoms with E-state index in [0.29, 0.717) is 27.6 Å². The van der Waals surface area contributed by atoms with Gasteiger partial charge in [-0.3, -0.25) is 9.59 Å². The number of amides is 2. The topological polar surface area (TPSA) is 96.0 Å². The highest BCUT2D eigenvalue weighted by molar-refractivity contribution is 7.00. The van der Waals surface area contributed by atoms with E-state index in [0.717, 1.165) is 17.2 Å². The minimum atomic E-state index is -0.255. The number of fused-ring (bicyclic) bond motifs is 1. The number of anilines is 3. The minimum absolute atomic E-state index is 0.000873. The van der Waals surface area contributed by atoms with E-state index < -0.39 is 0 Å². The Bertz CT molecular complexity index is 943. The number of nitrogens with one attached hydrogen (secondary N) is 3. The molecule has 9 heteroatoms. The maximum absolute atomic E-state index is 12.2. The van der Waals surface area contributed by atoms with Crippen LogP contribution in [0.4, 0.5) is 17.1 Å². The van der Waals surface area contributed by atoms with E-state index in [2.05, 4.69) is 24.7 Å². The van der Waals surface area contributed by atoms with Crippen molar-refractivity contribution in [3.8, 4) is 0 Å². The molecule has 2 aromatic carbocycles. The molecule has 3 aromatic rings. The van der Waals surface area contributed by atoms with Crippen LogP contribution in [0.15, 0.2) is 36.4 Å². The summed E-state index contributed by atoms with van der Waals surface area (Å²) < 4.78 is 8.32. The Balaban J connectivity index is 1.69. The molecule has 0 radical (unpaired) electrons. The molecule has 0 aliphatic rings. The second-order valence-corrected chi connectivity index (χ2v) is 6.18. The molecule has 1 heterocycles. The van der Waals surface area contributed by atoms with Gasteiger partial charge in [0.2, 0.25) is 11.8 Å². The zero-order chi connectivity index (χ0) is 17.8. The number of aromatic nitrogens is 2. The smallest absolute Gasteiger partial charge is 0.243 e. The lowest BCUT2D eigenvalue weighted by molar-refractivity contribution is -0.115. The van der Waals surface area contributed by atoms with Gasteiger partial charge in [0.1, 0.15) is 11.0 Å². The molecule has 0 spiro atoms. The number of halogens is 1. The number of rotatable bonds is 5. The molecule has 3 N–H and O–H groups in total. The molecular formula is C16H14ClN5O2S. The van der Waals surface area contributed by atoms with Crippen molar-refractivity contribution >= 4 is 63.2 Å². The summed E-state index contributed by atoms with van der Waals surface area (Å²) in [6, 6.07) is 10.4. The van der Waals surface area contributed by atoms with Gasteiger partial charge in [-0.1, -0.05) is 17.7 Å². The van der Waals surface area contributed by atoms with Crippen molar-refractivity contribution in [2.24, 2.45) is 0 Å². The second kappa shape index (κ2) is 7.45. The van der Waals surface area contributed by atoms with Crippen LogP contribution in [0, 0.1) is 0 Å². The van der Waals surface area contributed by atoms with Crippen molar-refractivity contribution in [3.05, 3.63) is 41.4 Å². The Hall–Kier alpha value is -2.71. The lowest BCUT2D eigenvalue weighted by Gasteiger charge is -2.13. The first kappa shape index (κ1) is 17.1. The Labute approximate surface area is 152 Å². The predicted octanol–water partition coefficient (Wildman–Crippen LogP) is 3.35. The molecule has 25 heavy (non-hydrogen) atoms. The standard InChI is InChI=1S/C16H14ClN5O2S/c1-9(23)19-11-6-5-10(17)7-14(11)18-8-15(24)20-12-3-2-4-13-16(12)22-25-21-13/h2-7,18H,8H2,1H3,(H,19,23)(H,20,24). The van der Waals surface area contributed by atoms with Gasteiger partial charge in [-0.15, -0.1) is 0 Å². The number of nitrogens with zero attached hydrogens (tertiary/aromatic N) is 2. The number of carbonyl (C=O) groups excluding carboxylic acids is 2.